The van der Waals surface area contributed by atoms with Gasteiger partial charge in [-0.2, -0.15) is 5.10 Å². The highest BCUT2D eigenvalue weighted by molar-refractivity contribution is 5.94. The van der Waals surface area contributed by atoms with Crippen LogP contribution in [0.3, 0.4) is 0 Å². The molecule has 1 aromatic heterocycles. The van der Waals surface area contributed by atoms with Gasteiger partial charge in [0.1, 0.15) is 23.8 Å². The first-order valence-corrected chi connectivity index (χ1v) is 7.31. The largest absolute Gasteiger partial charge is 0.393 e. The zero-order valence-electron chi connectivity index (χ0n) is 12.2. The maximum absolute atomic E-state index is 13.6. The number of nitrogens with one attached hydrogen (secondary N) is 2. The maximum atomic E-state index is 13.6. The normalized spacial score (nSPS) is 23.9. The number of carbonyl (C=O) groups is 1. The molecule has 23 heavy (non-hydrogen) atoms. The molecule has 1 aliphatic carbocycles. The number of aliphatic hydroxyl groups excluding tert-OH is 1. The van der Waals surface area contributed by atoms with Crippen molar-refractivity contribution in [1.29, 1.82) is 0 Å². The van der Waals surface area contributed by atoms with Crippen molar-refractivity contribution in [2.24, 2.45) is 5.92 Å². The predicted octanol–water partition coefficient (Wildman–Crippen LogP) is 1.37. The van der Waals surface area contributed by atoms with Crippen LogP contribution in [0.1, 0.15) is 34.9 Å². The molecule has 1 amide bonds. The SMILES string of the molecule is O=C(NC[C@@H]1C[C@@H](c2ncn[nH]2)C[C@@H]1O)c1ccc(F)cc1F. The van der Waals surface area contributed by atoms with E-state index in [1.165, 1.54) is 6.33 Å². The molecule has 1 saturated carbocycles. The van der Waals surface area contributed by atoms with Gasteiger partial charge < -0.3 is 10.4 Å². The van der Waals surface area contributed by atoms with E-state index in [9.17, 15) is 18.7 Å². The van der Waals surface area contributed by atoms with Crippen molar-refractivity contribution in [2.75, 3.05) is 6.54 Å². The lowest BCUT2D eigenvalue weighted by atomic mass is 10.0. The van der Waals surface area contributed by atoms with Crippen LogP contribution in [0.2, 0.25) is 0 Å². The van der Waals surface area contributed by atoms with Crippen molar-refractivity contribution >= 4 is 5.91 Å². The van der Waals surface area contributed by atoms with Crippen molar-refractivity contribution < 1.29 is 18.7 Å². The van der Waals surface area contributed by atoms with Gasteiger partial charge in [-0.3, -0.25) is 9.89 Å². The quantitative estimate of drug-likeness (QED) is 0.793. The van der Waals surface area contributed by atoms with Gasteiger partial charge in [-0.15, -0.1) is 0 Å². The first-order valence-electron chi connectivity index (χ1n) is 7.31. The number of aromatic amines is 1. The number of rotatable bonds is 4. The molecular weight excluding hydrogens is 306 g/mol. The lowest BCUT2D eigenvalue weighted by Crippen LogP contribution is -2.32. The van der Waals surface area contributed by atoms with Crippen LogP contribution in [0.25, 0.3) is 0 Å². The van der Waals surface area contributed by atoms with E-state index < -0.39 is 23.6 Å². The first-order chi connectivity index (χ1) is 11.0. The van der Waals surface area contributed by atoms with Crippen LogP contribution in [0.15, 0.2) is 24.5 Å². The maximum Gasteiger partial charge on any atom is 0.254 e. The zero-order valence-corrected chi connectivity index (χ0v) is 12.2. The second-order valence-corrected chi connectivity index (χ2v) is 5.70. The lowest BCUT2D eigenvalue weighted by Gasteiger charge is -2.15. The molecule has 3 rings (SSSR count). The molecule has 0 spiro atoms. The molecule has 1 fully saturated rings. The second kappa shape index (κ2) is 6.41. The van der Waals surface area contributed by atoms with Gasteiger partial charge in [0.15, 0.2) is 0 Å². The van der Waals surface area contributed by atoms with Crippen LogP contribution < -0.4 is 5.32 Å². The molecule has 0 bridgehead atoms. The number of aromatic nitrogens is 3. The first kappa shape index (κ1) is 15.5. The standard InChI is InChI=1S/C15H16F2N4O2/c16-10-1-2-11(12(17)5-10)15(23)18-6-9-3-8(4-13(9)22)14-19-7-20-21-14/h1-2,5,7-9,13,22H,3-4,6H2,(H,18,23)(H,19,20,21)/t8-,9+,13+/m1/s1. The number of carbonyl (C=O) groups excluding carboxylic acids is 1. The van der Waals surface area contributed by atoms with Gasteiger partial charge in [0.25, 0.3) is 5.91 Å². The van der Waals surface area contributed by atoms with Crippen molar-refractivity contribution in [1.82, 2.24) is 20.5 Å². The van der Waals surface area contributed by atoms with E-state index in [4.69, 9.17) is 0 Å². The van der Waals surface area contributed by atoms with E-state index >= 15 is 0 Å². The van der Waals surface area contributed by atoms with Crippen molar-refractivity contribution in [3.05, 3.63) is 47.5 Å². The predicted molar refractivity (Wildman–Crippen MR) is 76.5 cm³/mol. The fourth-order valence-electron chi connectivity index (χ4n) is 2.95. The summed E-state index contributed by atoms with van der Waals surface area (Å²) in [7, 11) is 0. The van der Waals surface area contributed by atoms with Crippen LogP contribution >= 0.6 is 0 Å². The summed E-state index contributed by atoms with van der Waals surface area (Å²) in [6.45, 7) is 0.210. The minimum atomic E-state index is -0.908. The Morgan fingerprint density at radius 3 is 2.91 bits per heavy atom. The third-order valence-corrected chi connectivity index (χ3v) is 4.18. The fourth-order valence-corrected chi connectivity index (χ4v) is 2.95. The Morgan fingerprint density at radius 1 is 1.39 bits per heavy atom. The van der Waals surface area contributed by atoms with Gasteiger partial charge in [-0.1, -0.05) is 0 Å². The molecule has 3 atom stereocenters. The lowest BCUT2D eigenvalue weighted by molar-refractivity contribution is 0.0913. The molecule has 3 N–H and O–H groups in total. The number of hydrogen-bond acceptors (Lipinski definition) is 4. The number of H-pyrrole nitrogens is 1. The van der Waals surface area contributed by atoms with Crippen LogP contribution in [0.5, 0.6) is 0 Å². The highest BCUT2D eigenvalue weighted by Gasteiger charge is 2.35. The molecule has 0 unspecified atom stereocenters. The van der Waals surface area contributed by atoms with Crippen molar-refractivity contribution in [3.63, 3.8) is 0 Å². The smallest absolute Gasteiger partial charge is 0.254 e. The van der Waals surface area contributed by atoms with Crippen LogP contribution in [-0.4, -0.2) is 38.8 Å². The van der Waals surface area contributed by atoms with Gasteiger partial charge in [-0.25, -0.2) is 13.8 Å². The molecule has 1 heterocycles. The van der Waals surface area contributed by atoms with Gasteiger partial charge >= 0.3 is 0 Å². The Balaban J connectivity index is 1.59. The van der Waals surface area contributed by atoms with Crippen LogP contribution in [0.4, 0.5) is 8.78 Å². The summed E-state index contributed by atoms with van der Waals surface area (Å²) in [5.41, 5.74) is -0.217. The molecule has 0 aliphatic heterocycles. The number of halogens is 2. The molecule has 6 nitrogen and oxygen atoms in total. The summed E-state index contributed by atoms with van der Waals surface area (Å²) in [6.07, 6.45) is 2.00. The molecule has 1 aliphatic rings. The molecular formula is C15H16F2N4O2. The Morgan fingerprint density at radius 2 is 2.22 bits per heavy atom. The van der Waals surface area contributed by atoms with Gasteiger partial charge in [0.2, 0.25) is 0 Å². The number of hydrogen-bond donors (Lipinski definition) is 3. The Bertz CT molecular complexity index is 693. The van der Waals surface area contributed by atoms with E-state index in [0.717, 1.165) is 12.1 Å². The van der Waals surface area contributed by atoms with E-state index in [1.54, 1.807) is 0 Å². The molecule has 0 radical (unpaired) electrons. The summed E-state index contributed by atoms with van der Waals surface area (Å²) < 4.78 is 26.4. The van der Waals surface area contributed by atoms with Crippen LogP contribution in [0, 0.1) is 17.6 Å². The van der Waals surface area contributed by atoms with Gasteiger partial charge in [0, 0.05) is 24.4 Å². The molecule has 0 saturated heterocycles. The summed E-state index contributed by atoms with van der Waals surface area (Å²) in [5.74, 6) is -1.66. The topological polar surface area (TPSA) is 90.9 Å². The average Bonchev–Trinajstić information content (AvgIpc) is 3.14. The third-order valence-electron chi connectivity index (χ3n) is 4.18. The van der Waals surface area contributed by atoms with E-state index in [0.29, 0.717) is 24.7 Å². The number of aliphatic hydroxyl groups is 1. The minimum absolute atomic E-state index is 0.0527. The van der Waals surface area contributed by atoms with Crippen LogP contribution in [-0.2, 0) is 0 Å². The van der Waals surface area contributed by atoms with Crippen molar-refractivity contribution in [2.45, 2.75) is 24.9 Å². The molecule has 8 heteroatoms. The Hall–Kier alpha value is -2.35. The zero-order chi connectivity index (χ0) is 16.4. The second-order valence-electron chi connectivity index (χ2n) is 5.70. The molecule has 122 valence electrons. The number of benzene rings is 1. The summed E-state index contributed by atoms with van der Waals surface area (Å²) in [5, 5.41) is 19.3. The minimum Gasteiger partial charge on any atom is -0.393 e. The number of amides is 1. The van der Waals surface area contributed by atoms with E-state index in [-0.39, 0.29) is 23.9 Å². The Labute approximate surface area is 130 Å². The highest BCUT2D eigenvalue weighted by Crippen LogP contribution is 2.36. The van der Waals surface area contributed by atoms with E-state index in [2.05, 4.69) is 20.5 Å². The highest BCUT2D eigenvalue weighted by atomic mass is 19.1. The average molecular weight is 322 g/mol. The Kier molecular flexibility index (Phi) is 4.33. The van der Waals surface area contributed by atoms with E-state index in [1.807, 2.05) is 0 Å². The monoisotopic (exact) mass is 322 g/mol. The van der Waals surface area contributed by atoms with Crippen molar-refractivity contribution in [3.8, 4) is 0 Å². The van der Waals surface area contributed by atoms with Gasteiger partial charge in [-0.05, 0) is 25.0 Å². The van der Waals surface area contributed by atoms with Gasteiger partial charge in [0.05, 0.1) is 11.7 Å². The third kappa shape index (κ3) is 3.37. The summed E-state index contributed by atoms with van der Waals surface area (Å²) >= 11 is 0. The fraction of sp³-hybridized carbons (Fsp3) is 0.400. The summed E-state index contributed by atoms with van der Waals surface area (Å²) in [6, 6.07) is 2.80. The summed E-state index contributed by atoms with van der Waals surface area (Å²) in [4.78, 5) is 16.0. The number of nitrogens with zero attached hydrogens (tertiary/aromatic N) is 2. The molecule has 1 aromatic carbocycles. The molecule has 2 aromatic rings.